The van der Waals surface area contributed by atoms with Crippen molar-refractivity contribution < 1.29 is 48.7 Å². The fourth-order valence-corrected chi connectivity index (χ4v) is 2.11. The van der Waals surface area contributed by atoms with E-state index in [2.05, 4.69) is 15.2 Å². The molecule has 0 saturated carbocycles. The molecule has 0 radical (unpaired) electrons. The van der Waals surface area contributed by atoms with Gasteiger partial charge in [0.05, 0.1) is 0 Å². The van der Waals surface area contributed by atoms with Crippen LogP contribution in [0.2, 0.25) is 0 Å². The summed E-state index contributed by atoms with van der Waals surface area (Å²) in [5.41, 5.74) is 0. The first-order valence-electron chi connectivity index (χ1n) is 7.26. The number of rotatable bonds is 5. The summed E-state index contributed by atoms with van der Waals surface area (Å²) in [5.74, 6) is -1.70. The summed E-state index contributed by atoms with van der Waals surface area (Å²) in [7, 11) is -4.52. The van der Waals surface area contributed by atoms with E-state index < -0.39 is 63.2 Å². The van der Waals surface area contributed by atoms with Gasteiger partial charge in [-0.15, -0.1) is 0 Å². The average Bonchev–Trinajstić information content (AvgIpc) is 2.54. The number of carbonyl (C=O) groups is 4. The largest absolute Gasteiger partial charge is 0.807 e. The summed E-state index contributed by atoms with van der Waals surface area (Å²) in [6, 6.07) is 7.23. The first-order valence-corrected chi connectivity index (χ1v) is 10.7. The average molecular weight is 446 g/mol. The molecule has 0 aliphatic rings. The van der Waals surface area contributed by atoms with Crippen molar-refractivity contribution in [3.05, 3.63) is 30.3 Å². The van der Waals surface area contributed by atoms with Crippen molar-refractivity contribution in [2.45, 2.75) is 27.7 Å². The maximum Gasteiger partial charge on any atom is -0.0157 e. The van der Waals surface area contributed by atoms with Crippen LogP contribution in [0.4, 0.5) is 0 Å². The second-order valence-corrected chi connectivity index (χ2v) is 7.30. The van der Waals surface area contributed by atoms with Crippen LogP contribution in [-0.4, -0.2) is 55.7 Å². The van der Waals surface area contributed by atoms with Crippen LogP contribution < -0.4 is 15.1 Å². The first-order chi connectivity index (χ1) is 12.9. The smallest absolute Gasteiger partial charge is 0.0157 e. The van der Waals surface area contributed by atoms with Crippen molar-refractivity contribution in [1.29, 1.82) is 0 Å². The van der Waals surface area contributed by atoms with Crippen molar-refractivity contribution in [2.75, 3.05) is 0 Å². The molecule has 150 valence electrons. The third kappa shape index (κ3) is 22.4. The quantitative estimate of drug-likeness (QED) is 0.382. The van der Waals surface area contributed by atoms with Crippen LogP contribution in [0.15, 0.2) is 30.3 Å². The first kappa shape index (κ1) is 28.5. The van der Waals surface area contributed by atoms with E-state index in [0.717, 1.165) is 0 Å². The van der Waals surface area contributed by atoms with Gasteiger partial charge in [0, 0.05) is 0 Å². The standard InChI is InChI=1S/C6H7O3P.4C2H4O2.2Al/c7-10(8,9)6-4-2-1-3-5-6;4*1-2(3)4;;/h1-5H,(H2,7,8,9);4*1H3,(H,3,4);;/q;;;;;2*+3/p-6. The molecule has 0 bridgehead atoms. The number of hydrogen-bond acceptors (Lipinski definition) is 11. The minimum Gasteiger partial charge on any atom is -0.807 e. The van der Waals surface area contributed by atoms with Crippen LogP contribution in [-0.2, 0) is 38.9 Å². The Bertz CT molecular complexity index is 617. The maximum atomic E-state index is 10.3. The molecule has 0 saturated heterocycles. The molecular weight excluding hydrogens is 429 g/mol. The van der Waals surface area contributed by atoms with E-state index in [9.17, 15) is 33.5 Å². The molecule has 1 aromatic carbocycles. The van der Waals surface area contributed by atoms with Gasteiger partial charge in [-0.05, 0) is 12.9 Å². The Hall–Kier alpha value is -1.69. The van der Waals surface area contributed by atoms with Crippen molar-refractivity contribution >= 4 is 68.6 Å². The van der Waals surface area contributed by atoms with E-state index in [-0.39, 0.29) is 5.30 Å². The van der Waals surface area contributed by atoms with Gasteiger partial charge in [0.2, 0.25) is 0 Å². The van der Waals surface area contributed by atoms with E-state index in [1.165, 1.54) is 52.0 Å². The molecule has 0 spiro atoms. The normalized spacial score (nSPS) is 8.79. The van der Waals surface area contributed by atoms with Crippen LogP contribution >= 0.6 is 7.60 Å². The molecule has 0 atom stereocenters. The second-order valence-electron chi connectivity index (χ2n) is 4.46. The van der Waals surface area contributed by atoms with E-state index in [4.69, 9.17) is 0 Å². The molecule has 0 aliphatic heterocycles. The topological polar surface area (TPSA) is 168 Å². The minimum atomic E-state index is -4.52. The van der Waals surface area contributed by atoms with Gasteiger partial charge < -0.3 is 14.4 Å². The fourth-order valence-electron chi connectivity index (χ4n) is 0.930. The Morgan fingerprint density at radius 2 is 1.00 bits per heavy atom. The summed E-state index contributed by atoms with van der Waals surface area (Å²) in [4.78, 5) is 60.7. The van der Waals surface area contributed by atoms with Gasteiger partial charge in [-0.25, -0.2) is 0 Å². The van der Waals surface area contributed by atoms with Gasteiger partial charge in [0.25, 0.3) is 0 Å². The molecule has 0 fully saturated rings. The number of hydrogen-bond donors (Lipinski definition) is 0. The zero-order valence-electron chi connectivity index (χ0n) is 15.5. The summed E-state index contributed by atoms with van der Waals surface area (Å²) in [5, 5.41) is -0.157. The molecule has 0 aromatic heterocycles. The zero-order valence-corrected chi connectivity index (χ0v) is 18.7. The van der Waals surface area contributed by atoms with E-state index in [1.54, 1.807) is 6.07 Å². The third-order valence-corrected chi connectivity index (χ3v) is 4.57. The van der Waals surface area contributed by atoms with Gasteiger partial charge in [-0.3, -0.25) is 0 Å². The SMILES string of the molecule is CC(=O)[O][Al+][O]C(C)=O.CC(=O)[O][Al+][O]C(C)=O.O=P([O-])([O-])c1ccccc1. The van der Waals surface area contributed by atoms with Crippen molar-refractivity contribution in [3.63, 3.8) is 0 Å². The molecule has 0 aliphatic carbocycles. The van der Waals surface area contributed by atoms with Crippen LogP contribution in [0.5, 0.6) is 0 Å². The van der Waals surface area contributed by atoms with Crippen LogP contribution in [0.25, 0.3) is 0 Å². The number of benzene rings is 1. The van der Waals surface area contributed by atoms with E-state index in [1.807, 2.05) is 0 Å². The Kier molecular flexibility index (Phi) is 16.6. The Balaban J connectivity index is 0. The monoisotopic (exact) mass is 446 g/mol. The maximum absolute atomic E-state index is 10.3. The predicted molar refractivity (Wildman–Crippen MR) is 92.3 cm³/mol. The van der Waals surface area contributed by atoms with Gasteiger partial charge in [-0.2, -0.15) is 0 Å². The van der Waals surface area contributed by atoms with Gasteiger partial charge in [-0.1, -0.05) is 30.3 Å². The van der Waals surface area contributed by atoms with E-state index in [0.29, 0.717) is 0 Å². The second kappa shape index (κ2) is 16.3. The number of carbonyl (C=O) groups excluding carboxylic acids is 4. The van der Waals surface area contributed by atoms with Gasteiger partial charge in [0.15, 0.2) is 0 Å². The molecule has 0 N–H and O–H groups in total. The Labute approximate surface area is 175 Å². The van der Waals surface area contributed by atoms with Crippen molar-refractivity contribution in [3.8, 4) is 0 Å². The molecule has 28 heavy (non-hydrogen) atoms. The Morgan fingerprint density at radius 3 is 1.18 bits per heavy atom. The molecule has 0 heterocycles. The van der Waals surface area contributed by atoms with Crippen molar-refractivity contribution in [1.82, 2.24) is 0 Å². The summed E-state index contributed by atoms with van der Waals surface area (Å²) < 4.78 is 27.7. The molecule has 11 nitrogen and oxygen atoms in total. The minimum absolute atomic E-state index is 0.157. The van der Waals surface area contributed by atoms with Gasteiger partial charge >= 0.3 is 118 Å². The predicted octanol–water partition coefficient (Wildman–Crippen LogP) is -1.48. The van der Waals surface area contributed by atoms with Gasteiger partial charge in [0.1, 0.15) is 0 Å². The third-order valence-electron chi connectivity index (χ3n) is 1.93. The fraction of sp³-hybridized carbons (Fsp3) is 0.286. The van der Waals surface area contributed by atoms with Crippen LogP contribution in [0.1, 0.15) is 27.7 Å². The zero-order chi connectivity index (χ0) is 22.2. The van der Waals surface area contributed by atoms with Crippen molar-refractivity contribution in [2.24, 2.45) is 0 Å². The summed E-state index contributed by atoms with van der Waals surface area (Å²) >= 11 is -1.89. The van der Waals surface area contributed by atoms with Crippen LogP contribution in [0, 0.1) is 0 Å². The Morgan fingerprint density at radius 1 is 0.714 bits per heavy atom. The molecule has 14 heteroatoms. The molecule has 1 aromatic rings. The van der Waals surface area contributed by atoms with Crippen LogP contribution in [0.3, 0.4) is 0 Å². The molecule has 0 amide bonds. The van der Waals surface area contributed by atoms with E-state index >= 15 is 0 Å². The molecule has 1 rings (SSSR count). The molecular formula is C14H17Al2O11P. The summed E-state index contributed by atoms with van der Waals surface area (Å²) in [6.45, 7) is 5.04. The summed E-state index contributed by atoms with van der Waals surface area (Å²) in [6.07, 6.45) is 0. The molecule has 0 unspecified atom stereocenters.